The minimum Gasteiger partial charge on any atom is -0.444 e. The van der Waals surface area contributed by atoms with Gasteiger partial charge >= 0.3 is 6.09 Å². The Bertz CT molecular complexity index is 600. The number of likely N-dealkylation sites (tertiary alicyclic amines) is 1. The number of hydrogen-bond donors (Lipinski definition) is 0. The van der Waals surface area contributed by atoms with Gasteiger partial charge < -0.3 is 14.5 Å². The van der Waals surface area contributed by atoms with Crippen LogP contribution in [0.4, 0.5) is 9.18 Å². The van der Waals surface area contributed by atoms with Crippen LogP contribution in [-0.4, -0.2) is 42.0 Å². The van der Waals surface area contributed by atoms with Crippen LogP contribution in [0.15, 0.2) is 29.4 Å². The van der Waals surface area contributed by atoms with Gasteiger partial charge in [-0.2, -0.15) is 0 Å². The predicted molar refractivity (Wildman–Crippen MR) is 95.1 cm³/mol. The first-order valence-corrected chi connectivity index (χ1v) is 8.74. The molecule has 0 unspecified atom stereocenters. The van der Waals surface area contributed by atoms with Crippen LogP contribution in [0, 0.1) is 11.7 Å². The van der Waals surface area contributed by atoms with E-state index in [4.69, 9.17) is 9.57 Å². The average molecular weight is 350 g/mol. The number of carbonyl (C=O) groups excluding carboxylic acids is 1. The maximum atomic E-state index is 13.2. The first-order chi connectivity index (χ1) is 11.8. The quantitative estimate of drug-likeness (QED) is 0.604. The van der Waals surface area contributed by atoms with Crippen molar-refractivity contribution in [2.24, 2.45) is 11.1 Å². The lowest BCUT2D eigenvalue weighted by atomic mass is 9.88. The zero-order valence-electron chi connectivity index (χ0n) is 15.4. The molecule has 2 rings (SSSR count). The summed E-state index contributed by atoms with van der Waals surface area (Å²) in [4.78, 5) is 19.2. The van der Waals surface area contributed by atoms with Gasteiger partial charge in [-0.1, -0.05) is 17.3 Å². The average Bonchev–Trinajstić information content (AvgIpc) is 2.56. The standard InChI is InChI=1S/C19H27FN2O3/c1-5-24-21-17(14-6-8-16(20)9-7-14)15-10-12-22(13-11-15)18(23)25-19(2,3)4/h6-9,15H,5,10-13H2,1-4H3/b21-17-. The number of halogens is 1. The number of nitrogens with zero attached hydrogens (tertiary/aromatic N) is 2. The van der Waals surface area contributed by atoms with Crippen molar-refractivity contribution in [1.82, 2.24) is 4.90 Å². The summed E-state index contributed by atoms with van der Waals surface area (Å²) in [5.41, 5.74) is 1.17. The maximum absolute atomic E-state index is 13.2. The van der Waals surface area contributed by atoms with Crippen LogP contribution < -0.4 is 0 Å². The van der Waals surface area contributed by atoms with E-state index in [9.17, 15) is 9.18 Å². The second-order valence-electron chi connectivity index (χ2n) is 7.14. The van der Waals surface area contributed by atoms with Crippen LogP contribution in [-0.2, 0) is 9.57 Å². The van der Waals surface area contributed by atoms with E-state index in [-0.39, 0.29) is 17.8 Å². The molecule has 1 saturated heterocycles. The van der Waals surface area contributed by atoms with Gasteiger partial charge in [0.1, 0.15) is 18.0 Å². The number of piperidine rings is 1. The minimum atomic E-state index is -0.496. The number of benzene rings is 1. The van der Waals surface area contributed by atoms with Gasteiger partial charge in [0, 0.05) is 19.0 Å². The van der Waals surface area contributed by atoms with Crippen molar-refractivity contribution in [2.75, 3.05) is 19.7 Å². The fraction of sp³-hybridized carbons (Fsp3) is 0.579. The highest BCUT2D eigenvalue weighted by atomic mass is 19.1. The van der Waals surface area contributed by atoms with E-state index < -0.39 is 5.60 Å². The first kappa shape index (κ1) is 19.2. The highest BCUT2D eigenvalue weighted by Gasteiger charge is 2.29. The summed E-state index contributed by atoms with van der Waals surface area (Å²) in [5, 5.41) is 4.25. The molecule has 1 aliphatic rings. The molecule has 1 heterocycles. The molecule has 1 amide bonds. The van der Waals surface area contributed by atoms with Crippen molar-refractivity contribution in [3.63, 3.8) is 0 Å². The van der Waals surface area contributed by atoms with Crippen molar-refractivity contribution < 1.29 is 18.8 Å². The molecule has 138 valence electrons. The van der Waals surface area contributed by atoms with Crippen molar-refractivity contribution in [3.8, 4) is 0 Å². The zero-order valence-corrected chi connectivity index (χ0v) is 15.4. The Kier molecular flexibility index (Phi) is 6.39. The van der Waals surface area contributed by atoms with Gasteiger partial charge in [0.05, 0.1) is 5.71 Å². The fourth-order valence-electron chi connectivity index (χ4n) is 2.78. The normalized spacial score (nSPS) is 16.7. The Morgan fingerprint density at radius 1 is 1.24 bits per heavy atom. The first-order valence-electron chi connectivity index (χ1n) is 8.74. The number of amides is 1. The van der Waals surface area contributed by atoms with Crippen LogP contribution in [0.25, 0.3) is 0 Å². The second kappa shape index (κ2) is 8.32. The molecule has 1 aromatic carbocycles. The topological polar surface area (TPSA) is 51.1 Å². The van der Waals surface area contributed by atoms with E-state index in [0.717, 1.165) is 24.1 Å². The van der Waals surface area contributed by atoms with E-state index in [1.54, 1.807) is 17.0 Å². The van der Waals surface area contributed by atoms with E-state index in [0.29, 0.717) is 19.7 Å². The lowest BCUT2D eigenvalue weighted by Crippen LogP contribution is -2.43. The highest BCUT2D eigenvalue weighted by molar-refractivity contribution is 6.02. The van der Waals surface area contributed by atoms with E-state index in [2.05, 4.69) is 5.16 Å². The van der Waals surface area contributed by atoms with Gasteiger partial charge in [0.25, 0.3) is 0 Å². The maximum Gasteiger partial charge on any atom is 0.410 e. The summed E-state index contributed by atoms with van der Waals surface area (Å²) in [5.74, 6) is -0.116. The van der Waals surface area contributed by atoms with E-state index >= 15 is 0 Å². The monoisotopic (exact) mass is 350 g/mol. The largest absolute Gasteiger partial charge is 0.444 e. The van der Waals surface area contributed by atoms with Crippen molar-refractivity contribution in [3.05, 3.63) is 35.6 Å². The molecule has 0 aromatic heterocycles. The molecule has 0 aliphatic carbocycles. The third-order valence-corrected chi connectivity index (χ3v) is 3.97. The van der Waals surface area contributed by atoms with Gasteiger partial charge in [-0.15, -0.1) is 0 Å². The molecule has 0 saturated carbocycles. The highest BCUT2D eigenvalue weighted by Crippen LogP contribution is 2.24. The summed E-state index contributed by atoms with van der Waals surface area (Å²) in [6, 6.07) is 6.28. The predicted octanol–water partition coefficient (Wildman–Crippen LogP) is 4.21. The number of carbonyl (C=O) groups is 1. The lowest BCUT2D eigenvalue weighted by molar-refractivity contribution is 0.0201. The lowest BCUT2D eigenvalue weighted by Gasteiger charge is -2.33. The molecule has 0 bridgehead atoms. The molecule has 6 heteroatoms. The summed E-state index contributed by atoms with van der Waals surface area (Å²) in [6.45, 7) is 9.13. The molecule has 0 spiro atoms. The molecule has 0 N–H and O–H groups in total. The smallest absolute Gasteiger partial charge is 0.410 e. The summed E-state index contributed by atoms with van der Waals surface area (Å²) in [6.07, 6.45) is 1.25. The third kappa shape index (κ3) is 5.73. The Labute approximate surface area is 148 Å². The summed E-state index contributed by atoms with van der Waals surface area (Å²) < 4.78 is 18.6. The van der Waals surface area contributed by atoms with E-state index in [1.165, 1.54) is 12.1 Å². The molecule has 1 fully saturated rings. The summed E-state index contributed by atoms with van der Waals surface area (Å²) >= 11 is 0. The Morgan fingerprint density at radius 3 is 2.36 bits per heavy atom. The Hall–Kier alpha value is -2.11. The van der Waals surface area contributed by atoms with Gasteiger partial charge in [0.2, 0.25) is 0 Å². The molecule has 0 radical (unpaired) electrons. The van der Waals surface area contributed by atoms with Crippen LogP contribution in [0.2, 0.25) is 0 Å². The fourth-order valence-corrected chi connectivity index (χ4v) is 2.78. The van der Waals surface area contributed by atoms with Crippen LogP contribution in [0.1, 0.15) is 46.1 Å². The Balaban J connectivity index is 2.04. The van der Waals surface area contributed by atoms with Crippen LogP contribution in [0.3, 0.4) is 0 Å². The molecule has 5 nitrogen and oxygen atoms in total. The van der Waals surface area contributed by atoms with E-state index in [1.807, 2.05) is 27.7 Å². The second-order valence-corrected chi connectivity index (χ2v) is 7.14. The molecule has 1 aromatic rings. The minimum absolute atomic E-state index is 0.163. The van der Waals surface area contributed by atoms with Crippen molar-refractivity contribution in [2.45, 2.75) is 46.1 Å². The third-order valence-electron chi connectivity index (χ3n) is 3.97. The molecule has 0 atom stereocenters. The van der Waals surface area contributed by atoms with Gasteiger partial charge in [-0.05, 0) is 58.2 Å². The number of ether oxygens (including phenoxy) is 1. The SMILES string of the molecule is CCO/N=C(/c1ccc(F)cc1)C1CCN(C(=O)OC(C)(C)C)CC1. The molecule has 25 heavy (non-hydrogen) atoms. The van der Waals surface area contributed by atoms with Crippen molar-refractivity contribution >= 4 is 11.8 Å². The van der Waals surface area contributed by atoms with Crippen LogP contribution >= 0.6 is 0 Å². The van der Waals surface area contributed by atoms with Gasteiger partial charge in [-0.25, -0.2) is 9.18 Å². The molecule has 1 aliphatic heterocycles. The Morgan fingerprint density at radius 2 is 1.84 bits per heavy atom. The van der Waals surface area contributed by atoms with Crippen molar-refractivity contribution in [1.29, 1.82) is 0 Å². The molecular formula is C19H27FN2O3. The number of oxime groups is 1. The molecular weight excluding hydrogens is 323 g/mol. The van der Waals surface area contributed by atoms with Crippen LogP contribution in [0.5, 0.6) is 0 Å². The number of hydrogen-bond acceptors (Lipinski definition) is 4. The van der Waals surface area contributed by atoms with Gasteiger partial charge in [-0.3, -0.25) is 0 Å². The number of rotatable bonds is 4. The zero-order chi connectivity index (χ0) is 18.4. The van der Waals surface area contributed by atoms with Gasteiger partial charge in [0.15, 0.2) is 0 Å². The summed E-state index contributed by atoms with van der Waals surface area (Å²) in [7, 11) is 0.